The zero-order chi connectivity index (χ0) is 52.2. The first-order chi connectivity index (χ1) is 33.1. The van der Waals surface area contributed by atoms with Gasteiger partial charge in [0.15, 0.2) is 38.5 Å². The number of nitrogens with zero attached hydrogens (tertiary/aromatic N) is 4. The molecule has 22 heteroatoms. The highest BCUT2D eigenvalue weighted by atomic mass is 28.4. The van der Waals surface area contributed by atoms with Gasteiger partial charge in [0.2, 0.25) is 5.91 Å². The van der Waals surface area contributed by atoms with Crippen molar-refractivity contribution in [1.82, 2.24) is 24.3 Å². The molecule has 5 aliphatic rings. The quantitative estimate of drug-likeness (QED) is 0.225. The first-order valence-electron chi connectivity index (χ1n) is 24.6. The number of aromatic nitrogens is 2. The predicted octanol–water partition coefficient (Wildman–Crippen LogP) is 4.15. The lowest BCUT2D eigenvalue weighted by Crippen LogP contribution is -2.60. The van der Waals surface area contributed by atoms with Gasteiger partial charge in [-0.25, -0.2) is 19.0 Å². The number of carboxylic acid groups (broad SMARTS) is 1. The van der Waals surface area contributed by atoms with Crippen molar-refractivity contribution in [2.45, 2.75) is 204 Å². The fourth-order valence-electron chi connectivity index (χ4n) is 9.75. The summed E-state index contributed by atoms with van der Waals surface area (Å²) >= 11 is 0. The van der Waals surface area contributed by atoms with Gasteiger partial charge in [0.1, 0.15) is 61.1 Å². The maximum Gasteiger partial charge on any atom is 0.407 e. The summed E-state index contributed by atoms with van der Waals surface area (Å²) in [6.07, 6.45) is -9.10. The molecule has 0 bridgehead atoms. The van der Waals surface area contributed by atoms with E-state index in [2.05, 4.69) is 5.32 Å². The van der Waals surface area contributed by atoms with Gasteiger partial charge in [-0.15, -0.1) is 0 Å². The van der Waals surface area contributed by atoms with Crippen LogP contribution in [0.25, 0.3) is 0 Å². The normalized spacial score (nSPS) is 31.3. The fourth-order valence-corrected chi connectivity index (χ4v) is 11.1. The van der Waals surface area contributed by atoms with Crippen molar-refractivity contribution in [3.05, 3.63) is 69.0 Å². The van der Waals surface area contributed by atoms with Crippen LogP contribution in [-0.4, -0.2) is 162 Å². The molecule has 0 spiro atoms. The van der Waals surface area contributed by atoms with E-state index in [0.717, 1.165) is 10.1 Å². The molecule has 1 aromatic heterocycles. The summed E-state index contributed by atoms with van der Waals surface area (Å²) in [5.41, 5.74) is -1.30. The number of aliphatic carboxylic acids is 1. The summed E-state index contributed by atoms with van der Waals surface area (Å²) in [7, 11) is 0.463. The molecule has 2 amide bonds. The number of fused-ring (bicyclic) bond motifs is 2. The number of rotatable bonds is 16. The number of benzene rings is 1. The Balaban J connectivity index is 1.30. The number of ether oxygens (including phenoxy) is 9. The Labute approximate surface area is 416 Å². The molecule has 0 unspecified atom stereocenters. The van der Waals surface area contributed by atoms with Gasteiger partial charge in [-0.3, -0.25) is 19.1 Å². The van der Waals surface area contributed by atoms with Crippen LogP contribution in [0.2, 0.25) is 18.1 Å². The van der Waals surface area contributed by atoms with Gasteiger partial charge < -0.3 is 62.4 Å². The van der Waals surface area contributed by atoms with Gasteiger partial charge in [0, 0.05) is 32.4 Å². The van der Waals surface area contributed by atoms with E-state index in [1.165, 1.54) is 28.8 Å². The highest BCUT2D eigenvalue weighted by molar-refractivity contribution is 6.74. The maximum absolute atomic E-state index is 15.3. The number of hydrogen-bond donors (Lipinski definition) is 2. The minimum Gasteiger partial charge on any atom is -0.480 e. The molecule has 0 aliphatic carbocycles. The van der Waals surface area contributed by atoms with Crippen LogP contribution in [0.5, 0.6) is 0 Å². The Bertz CT molecular complexity index is 2350. The van der Waals surface area contributed by atoms with Crippen LogP contribution < -0.4 is 16.6 Å². The zero-order valence-corrected chi connectivity index (χ0v) is 44.6. The third kappa shape index (κ3) is 11.5. The highest BCUT2D eigenvalue weighted by Crippen LogP contribution is 2.48. The summed E-state index contributed by atoms with van der Waals surface area (Å²) in [6.45, 7) is 22.4. The van der Waals surface area contributed by atoms with Crippen molar-refractivity contribution in [2.24, 2.45) is 0 Å². The lowest BCUT2D eigenvalue weighted by molar-refractivity contribution is -0.277. The Morgan fingerprint density at radius 2 is 1.55 bits per heavy atom. The molecule has 6 heterocycles. The standard InChI is InChI=1S/C49H75N5O16Si/c1-15-49(16-2)67-34-29(24-50-44(59)69-46(3,4)5)62-43(39(34)68-49)64-35(33-40(56)52(12)32(42(57)58)30(25-51(33)11)70-71(13,14)47(6,7)8)36-37-38(66-48(9,10)65-37)41(63-36)53-23-22-31(55)54(45(53)60)27-61-26-28-20-18-17-19-21-28/h17-23,29-30,32-39,41,43H,15-16,24-27H2,1-14H3,(H,50,59)(H,57,58)/t29-,30+,32+,33+,34-,35+,36-,37-,38-,39-,41-,43+/m1/s1. The fraction of sp³-hybridized carbons (Fsp3) is 0.735. The van der Waals surface area contributed by atoms with Crippen LogP contribution >= 0.6 is 0 Å². The second kappa shape index (κ2) is 20.7. The number of likely N-dealkylation sites (N-methyl/N-ethyl adjacent to an activating group) is 2. The number of amides is 2. The summed E-state index contributed by atoms with van der Waals surface area (Å²) in [6, 6.07) is 7.82. The smallest absolute Gasteiger partial charge is 0.407 e. The van der Waals surface area contributed by atoms with Crippen molar-refractivity contribution in [2.75, 3.05) is 27.2 Å². The second-order valence-corrected chi connectivity index (χ2v) is 26.9. The number of carboxylic acids is 1. The lowest BCUT2D eigenvalue weighted by Gasteiger charge is -2.41. The number of nitrogens with one attached hydrogen (secondary N) is 1. The monoisotopic (exact) mass is 1020 g/mol. The molecule has 71 heavy (non-hydrogen) atoms. The molecule has 0 radical (unpaired) electrons. The van der Waals surface area contributed by atoms with E-state index in [0.29, 0.717) is 12.8 Å². The van der Waals surface area contributed by atoms with Gasteiger partial charge in [0.25, 0.3) is 5.56 Å². The van der Waals surface area contributed by atoms with Crippen LogP contribution in [0, 0.1) is 0 Å². The van der Waals surface area contributed by atoms with Gasteiger partial charge in [0.05, 0.1) is 12.7 Å². The largest absolute Gasteiger partial charge is 0.480 e. The number of alkyl carbamates (subject to hydrolysis) is 1. The van der Waals surface area contributed by atoms with Crippen molar-refractivity contribution in [3.8, 4) is 0 Å². The third-order valence-corrected chi connectivity index (χ3v) is 18.9. The van der Waals surface area contributed by atoms with E-state index < -0.39 is 128 Å². The zero-order valence-electron chi connectivity index (χ0n) is 43.6. The highest BCUT2D eigenvalue weighted by Gasteiger charge is 2.64. The molecular weight excluding hydrogens is 943 g/mol. The Kier molecular flexibility index (Phi) is 15.9. The van der Waals surface area contributed by atoms with E-state index in [4.69, 9.17) is 47.1 Å². The molecule has 2 aromatic rings. The van der Waals surface area contributed by atoms with Crippen LogP contribution in [0.15, 0.2) is 52.2 Å². The van der Waals surface area contributed by atoms with Crippen molar-refractivity contribution in [3.63, 3.8) is 0 Å². The first kappa shape index (κ1) is 54.7. The molecule has 12 atom stereocenters. The molecule has 1 aromatic carbocycles. The molecule has 5 fully saturated rings. The van der Waals surface area contributed by atoms with Crippen LogP contribution in [0.3, 0.4) is 0 Å². The van der Waals surface area contributed by atoms with Crippen molar-refractivity contribution >= 4 is 26.3 Å². The molecule has 396 valence electrons. The van der Waals surface area contributed by atoms with E-state index in [9.17, 15) is 24.3 Å². The van der Waals surface area contributed by atoms with Crippen molar-refractivity contribution in [1.29, 1.82) is 0 Å². The molecule has 5 aliphatic heterocycles. The summed E-state index contributed by atoms with van der Waals surface area (Å²) in [5, 5.41) is 13.3. The SMILES string of the molecule is CCC1(CC)O[C@H]2[C@H](O[C@H]([C@H]3O[C@@H](n4ccc(=O)n(COCc5ccccc5)c4=O)[C@@H]4OC(C)(C)O[C@H]34)[C@H]3C(=O)N(C)[C@H](C(=O)O)[C@@H](O[Si](C)(C)C(C)(C)C)CN3C)O[C@H](CNC(=O)OC(C)(C)C)[C@H]2O1. The summed E-state index contributed by atoms with van der Waals surface area (Å²) < 4.78 is 67.6. The van der Waals surface area contributed by atoms with Gasteiger partial charge in [-0.05, 0) is 78.2 Å². The third-order valence-electron chi connectivity index (χ3n) is 14.4. The second-order valence-electron chi connectivity index (χ2n) is 22.1. The molecule has 5 saturated heterocycles. The van der Waals surface area contributed by atoms with E-state index >= 15 is 4.79 Å². The van der Waals surface area contributed by atoms with Gasteiger partial charge in [-0.2, -0.15) is 0 Å². The molecule has 21 nitrogen and oxygen atoms in total. The summed E-state index contributed by atoms with van der Waals surface area (Å²) in [5.74, 6) is -4.17. The Hall–Kier alpha value is -4.07. The lowest BCUT2D eigenvalue weighted by atomic mass is 9.97. The van der Waals surface area contributed by atoms with Crippen LogP contribution in [-0.2, 0) is 70.0 Å². The minimum absolute atomic E-state index is 0.0288. The summed E-state index contributed by atoms with van der Waals surface area (Å²) in [4.78, 5) is 72.2. The maximum atomic E-state index is 15.3. The Morgan fingerprint density at radius 1 is 0.901 bits per heavy atom. The van der Waals surface area contributed by atoms with Crippen LogP contribution in [0.1, 0.15) is 93.9 Å². The molecule has 2 N–H and O–H groups in total. The predicted molar refractivity (Wildman–Crippen MR) is 257 cm³/mol. The van der Waals surface area contributed by atoms with E-state index in [1.54, 1.807) is 46.6 Å². The number of carbonyl (C=O) groups excluding carboxylic acids is 2. The molecule has 0 saturated carbocycles. The van der Waals surface area contributed by atoms with E-state index in [-0.39, 0.29) is 31.5 Å². The first-order valence-corrected chi connectivity index (χ1v) is 27.5. The van der Waals surface area contributed by atoms with Gasteiger partial charge in [-0.1, -0.05) is 65.0 Å². The average Bonchev–Trinajstić information content (AvgIpc) is 3.99. The van der Waals surface area contributed by atoms with Crippen LogP contribution in [0.4, 0.5) is 4.79 Å². The Morgan fingerprint density at radius 3 is 2.17 bits per heavy atom. The van der Waals surface area contributed by atoms with E-state index in [1.807, 2.05) is 78.0 Å². The minimum atomic E-state index is -2.66. The molecular formula is C49H75N5O16Si. The molecule has 7 rings (SSSR count). The topological polar surface area (TPSA) is 226 Å². The van der Waals surface area contributed by atoms with Crippen molar-refractivity contribution < 1.29 is 66.5 Å². The number of hydrogen-bond acceptors (Lipinski definition) is 16. The van der Waals surface area contributed by atoms with Gasteiger partial charge >= 0.3 is 17.8 Å². The number of carbonyl (C=O) groups is 3. The average molecular weight is 1020 g/mol.